The minimum absolute atomic E-state index is 0.0256. The molecule has 0 saturated carbocycles. The van der Waals surface area contributed by atoms with Gasteiger partial charge >= 0.3 is 0 Å². The van der Waals surface area contributed by atoms with E-state index in [9.17, 15) is 17.6 Å². The summed E-state index contributed by atoms with van der Waals surface area (Å²) in [5.74, 6) is -0.285. The Labute approximate surface area is 174 Å². The van der Waals surface area contributed by atoms with Crippen molar-refractivity contribution < 1.29 is 27.1 Å². The van der Waals surface area contributed by atoms with Crippen molar-refractivity contribution in [2.45, 2.75) is 24.0 Å². The predicted molar refractivity (Wildman–Crippen MR) is 108 cm³/mol. The first-order valence-corrected chi connectivity index (χ1v) is 11.3. The van der Waals surface area contributed by atoms with Crippen molar-refractivity contribution in [2.24, 2.45) is 5.92 Å². The Morgan fingerprint density at radius 3 is 2.17 bits per heavy atom. The Kier molecular flexibility index (Phi) is 6.03. The monoisotopic (exact) mass is 434 g/mol. The smallest absolute Gasteiger partial charge is 0.261 e. The van der Waals surface area contributed by atoms with E-state index in [0.29, 0.717) is 37.8 Å². The molecule has 160 valence electrons. The van der Waals surface area contributed by atoms with E-state index in [1.807, 2.05) is 0 Å². The number of hydrogen-bond acceptors (Lipinski definition) is 5. The quantitative estimate of drug-likeness (QED) is 0.782. The van der Waals surface area contributed by atoms with E-state index in [-0.39, 0.29) is 22.8 Å². The van der Waals surface area contributed by atoms with Crippen LogP contribution in [0.15, 0.2) is 53.4 Å². The molecule has 0 radical (unpaired) electrons. The van der Waals surface area contributed by atoms with Gasteiger partial charge in [-0.15, -0.1) is 0 Å². The Balaban J connectivity index is 1.38. The largest absolute Gasteiger partial charge is 0.350 e. The number of halogens is 1. The van der Waals surface area contributed by atoms with Crippen LogP contribution in [-0.4, -0.2) is 51.8 Å². The first kappa shape index (κ1) is 20.8. The summed E-state index contributed by atoms with van der Waals surface area (Å²) in [6, 6.07) is 10.8. The maximum atomic E-state index is 13.0. The third kappa shape index (κ3) is 4.63. The van der Waals surface area contributed by atoms with Gasteiger partial charge in [-0.25, -0.2) is 12.8 Å². The van der Waals surface area contributed by atoms with Gasteiger partial charge in [0.15, 0.2) is 6.29 Å². The normalized spacial score (nSPS) is 18.5. The number of anilines is 1. The molecule has 1 N–H and O–H groups in total. The molecule has 0 aromatic heterocycles. The average molecular weight is 434 g/mol. The Morgan fingerprint density at radius 2 is 1.57 bits per heavy atom. The number of carbonyl (C=O) groups is 1. The minimum Gasteiger partial charge on any atom is -0.350 e. The summed E-state index contributed by atoms with van der Waals surface area (Å²) in [4.78, 5) is 14.6. The highest BCUT2D eigenvalue weighted by molar-refractivity contribution is 7.92. The van der Waals surface area contributed by atoms with Crippen LogP contribution >= 0.6 is 0 Å². The molecular weight excluding hydrogens is 411 g/mol. The van der Waals surface area contributed by atoms with Gasteiger partial charge in [0, 0.05) is 30.3 Å². The van der Waals surface area contributed by atoms with Crippen LogP contribution in [0, 0.1) is 11.7 Å². The lowest BCUT2D eigenvalue weighted by Crippen LogP contribution is -2.41. The van der Waals surface area contributed by atoms with Crippen molar-refractivity contribution in [1.29, 1.82) is 0 Å². The molecule has 2 fully saturated rings. The van der Waals surface area contributed by atoms with Crippen LogP contribution in [0.4, 0.5) is 10.1 Å². The molecule has 2 aromatic rings. The molecule has 9 heteroatoms. The number of piperidine rings is 1. The van der Waals surface area contributed by atoms with Crippen molar-refractivity contribution in [2.75, 3.05) is 31.0 Å². The summed E-state index contributed by atoms with van der Waals surface area (Å²) in [6.45, 7) is 2.46. The van der Waals surface area contributed by atoms with E-state index in [4.69, 9.17) is 9.47 Å². The molecule has 2 aromatic carbocycles. The van der Waals surface area contributed by atoms with Crippen molar-refractivity contribution in [3.8, 4) is 0 Å². The fourth-order valence-electron chi connectivity index (χ4n) is 3.71. The fourth-order valence-corrected chi connectivity index (χ4v) is 4.77. The van der Waals surface area contributed by atoms with Crippen LogP contribution in [0.2, 0.25) is 0 Å². The third-order valence-corrected chi connectivity index (χ3v) is 6.76. The van der Waals surface area contributed by atoms with E-state index in [0.717, 1.165) is 12.8 Å². The van der Waals surface area contributed by atoms with Crippen molar-refractivity contribution in [3.63, 3.8) is 0 Å². The van der Waals surface area contributed by atoms with E-state index in [1.165, 1.54) is 48.5 Å². The second-order valence-electron chi connectivity index (χ2n) is 7.38. The number of likely N-dealkylation sites (tertiary alicyclic amines) is 1. The van der Waals surface area contributed by atoms with Gasteiger partial charge in [-0.05, 0) is 61.4 Å². The highest BCUT2D eigenvalue weighted by Gasteiger charge is 2.32. The van der Waals surface area contributed by atoms with Gasteiger partial charge in [0.25, 0.3) is 15.9 Å². The van der Waals surface area contributed by atoms with Gasteiger partial charge in [-0.1, -0.05) is 0 Å². The van der Waals surface area contributed by atoms with Gasteiger partial charge < -0.3 is 14.4 Å². The predicted octanol–water partition coefficient (Wildman–Crippen LogP) is 2.85. The van der Waals surface area contributed by atoms with Gasteiger partial charge in [-0.2, -0.15) is 0 Å². The zero-order valence-electron chi connectivity index (χ0n) is 16.3. The van der Waals surface area contributed by atoms with Crippen LogP contribution in [-0.2, 0) is 19.5 Å². The Hall–Kier alpha value is -2.49. The van der Waals surface area contributed by atoms with Crippen molar-refractivity contribution in [3.05, 3.63) is 59.9 Å². The molecule has 4 rings (SSSR count). The molecule has 0 spiro atoms. The van der Waals surface area contributed by atoms with Gasteiger partial charge in [-0.3, -0.25) is 9.52 Å². The number of amides is 1. The lowest BCUT2D eigenvalue weighted by atomic mass is 9.95. The molecule has 2 heterocycles. The Bertz CT molecular complexity index is 981. The second kappa shape index (κ2) is 8.71. The molecular formula is C21H23FN2O5S. The molecule has 0 aliphatic carbocycles. The average Bonchev–Trinajstić information content (AvgIpc) is 3.30. The molecule has 30 heavy (non-hydrogen) atoms. The van der Waals surface area contributed by atoms with E-state index in [1.54, 1.807) is 4.90 Å². The number of ether oxygens (including phenoxy) is 2. The summed E-state index contributed by atoms with van der Waals surface area (Å²) in [7, 11) is -3.84. The highest BCUT2D eigenvalue weighted by atomic mass is 32.2. The van der Waals surface area contributed by atoms with Crippen LogP contribution in [0.5, 0.6) is 0 Å². The number of hydrogen-bond donors (Lipinski definition) is 1. The number of nitrogens with zero attached hydrogens (tertiary/aromatic N) is 1. The minimum atomic E-state index is -3.84. The van der Waals surface area contributed by atoms with Gasteiger partial charge in [0.05, 0.1) is 18.1 Å². The summed E-state index contributed by atoms with van der Waals surface area (Å²) < 4.78 is 51.5. The van der Waals surface area contributed by atoms with Gasteiger partial charge in [0.1, 0.15) is 5.82 Å². The second-order valence-corrected chi connectivity index (χ2v) is 9.06. The standard InChI is InChI=1S/C21H23FN2O5S/c22-17-3-5-18(6-4-17)23-30(26,27)19-7-1-15(2-8-19)20(25)24-11-9-16(10-12-24)21-28-13-14-29-21/h1-8,16,21,23H,9-14H2. The summed E-state index contributed by atoms with van der Waals surface area (Å²) in [6.07, 6.45) is 1.45. The molecule has 2 aliphatic heterocycles. The molecule has 0 bridgehead atoms. The summed E-state index contributed by atoms with van der Waals surface area (Å²) >= 11 is 0. The number of rotatable bonds is 5. The van der Waals surface area contributed by atoms with Crippen LogP contribution < -0.4 is 4.72 Å². The SMILES string of the molecule is O=C(c1ccc(S(=O)(=O)Nc2ccc(F)cc2)cc1)N1CCC(C2OCCO2)CC1. The van der Waals surface area contributed by atoms with E-state index < -0.39 is 15.8 Å². The number of sulfonamides is 1. The molecule has 0 unspecified atom stereocenters. The van der Waals surface area contributed by atoms with Gasteiger partial charge in [0.2, 0.25) is 0 Å². The summed E-state index contributed by atoms with van der Waals surface area (Å²) in [5.41, 5.74) is 0.692. The van der Waals surface area contributed by atoms with Crippen LogP contribution in [0.3, 0.4) is 0 Å². The van der Waals surface area contributed by atoms with Crippen molar-refractivity contribution in [1.82, 2.24) is 4.90 Å². The first-order valence-electron chi connectivity index (χ1n) is 9.83. The number of nitrogens with one attached hydrogen (secondary N) is 1. The number of benzene rings is 2. The molecule has 7 nitrogen and oxygen atoms in total. The molecule has 2 aliphatic rings. The summed E-state index contributed by atoms with van der Waals surface area (Å²) in [5, 5.41) is 0. The fraction of sp³-hybridized carbons (Fsp3) is 0.381. The van der Waals surface area contributed by atoms with E-state index in [2.05, 4.69) is 4.72 Å². The number of carbonyl (C=O) groups excluding carboxylic acids is 1. The lowest BCUT2D eigenvalue weighted by molar-refractivity contribution is -0.0956. The zero-order chi connectivity index (χ0) is 21.1. The topological polar surface area (TPSA) is 84.9 Å². The Morgan fingerprint density at radius 1 is 0.967 bits per heavy atom. The lowest BCUT2D eigenvalue weighted by Gasteiger charge is -2.33. The molecule has 0 atom stereocenters. The third-order valence-electron chi connectivity index (χ3n) is 5.37. The first-order chi connectivity index (χ1) is 14.4. The van der Waals surface area contributed by atoms with E-state index >= 15 is 0 Å². The maximum Gasteiger partial charge on any atom is 0.261 e. The molecule has 2 saturated heterocycles. The maximum absolute atomic E-state index is 13.0. The highest BCUT2D eigenvalue weighted by Crippen LogP contribution is 2.27. The van der Waals surface area contributed by atoms with Crippen molar-refractivity contribution >= 4 is 21.6 Å². The zero-order valence-corrected chi connectivity index (χ0v) is 17.1. The molecule has 1 amide bonds. The van der Waals surface area contributed by atoms with Crippen LogP contribution in [0.1, 0.15) is 23.2 Å². The van der Waals surface area contributed by atoms with Crippen LogP contribution in [0.25, 0.3) is 0 Å².